The lowest BCUT2D eigenvalue weighted by atomic mass is 9.99. The second-order valence-electron chi connectivity index (χ2n) is 4.56. The van der Waals surface area contributed by atoms with Gasteiger partial charge in [-0.15, -0.1) is 0 Å². The molecule has 1 aliphatic heterocycles. The van der Waals surface area contributed by atoms with Crippen molar-refractivity contribution in [1.29, 1.82) is 0 Å². The van der Waals surface area contributed by atoms with Crippen LogP contribution >= 0.6 is 0 Å². The van der Waals surface area contributed by atoms with E-state index in [0.29, 0.717) is 0 Å². The van der Waals surface area contributed by atoms with Crippen LogP contribution in [0.2, 0.25) is 0 Å². The molecule has 0 aromatic rings. The number of hydrogen-bond donors (Lipinski definition) is 1. The molecule has 92 valence electrons. The molecule has 1 heterocycles. The Bertz CT molecular complexity index is 269. The van der Waals surface area contributed by atoms with Crippen LogP contribution in [0.25, 0.3) is 0 Å². The minimum absolute atomic E-state index is 0.107. The number of nitrogens with one attached hydrogen (secondary N) is 1. The fraction of sp³-hybridized carbons (Fsp3) is 0.600. The summed E-state index contributed by atoms with van der Waals surface area (Å²) in [6.45, 7) is 15.7. The van der Waals surface area contributed by atoms with Crippen LogP contribution in [-0.2, 0) is 0 Å². The summed E-state index contributed by atoms with van der Waals surface area (Å²) in [5.74, 6) is 0. The van der Waals surface area contributed by atoms with E-state index in [-0.39, 0.29) is 5.54 Å². The van der Waals surface area contributed by atoms with Crippen LogP contribution < -0.4 is 5.32 Å². The van der Waals surface area contributed by atoms with Gasteiger partial charge in [0.2, 0.25) is 0 Å². The van der Waals surface area contributed by atoms with Crippen molar-refractivity contribution in [3.8, 4) is 0 Å². The molecule has 1 nitrogen and oxygen atoms in total. The predicted molar refractivity (Wildman–Crippen MR) is 74.7 cm³/mol. The van der Waals surface area contributed by atoms with Crippen LogP contribution in [0, 0.1) is 0 Å². The van der Waals surface area contributed by atoms with Gasteiger partial charge in [-0.2, -0.15) is 0 Å². The first-order valence-corrected chi connectivity index (χ1v) is 6.30. The molecule has 16 heavy (non-hydrogen) atoms. The maximum absolute atomic E-state index is 4.08. The molecule has 0 aromatic heterocycles. The smallest absolute Gasteiger partial charge is 0.0310 e. The van der Waals surface area contributed by atoms with Gasteiger partial charge in [0.1, 0.15) is 0 Å². The van der Waals surface area contributed by atoms with Crippen LogP contribution in [0.4, 0.5) is 0 Å². The number of hydrogen-bond acceptors (Lipinski definition) is 1. The third-order valence-corrected chi connectivity index (χ3v) is 2.65. The van der Waals surface area contributed by atoms with E-state index in [1.54, 1.807) is 0 Å². The summed E-state index contributed by atoms with van der Waals surface area (Å²) >= 11 is 0. The monoisotopic (exact) mass is 221 g/mol. The van der Waals surface area contributed by atoms with Gasteiger partial charge in [-0.25, -0.2) is 0 Å². The summed E-state index contributed by atoms with van der Waals surface area (Å²) in [5, 5.41) is 3.51. The van der Waals surface area contributed by atoms with Gasteiger partial charge in [-0.05, 0) is 45.7 Å². The highest BCUT2D eigenvalue weighted by atomic mass is 14.9. The van der Waals surface area contributed by atoms with Crippen LogP contribution in [0.3, 0.4) is 0 Å². The van der Waals surface area contributed by atoms with E-state index in [1.807, 2.05) is 13.8 Å². The Balaban J connectivity index is 0.00000106. The van der Waals surface area contributed by atoms with Crippen LogP contribution in [-0.4, -0.2) is 12.1 Å². The van der Waals surface area contributed by atoms with E-state index in [0.717, 1.165) is 13.0 Å². The van der Waals surface area contributed by atoms with Crippen molar-refractivity contribution < 1.29 is 0 Å². The zero-order chi connectivity index (χ0) is 12.6. The average Bonchev–Trinajstić information content (AvgIpc) is 2.25. The lowest BCUT2D eigenvalue weighted by molar-refractivity contribution is 0.468. The second-order valence-corrected chi connectivity index (χ2v) is 4.56. The minimum atomic E-state index is 0.107. The molecule has 1 heteroatoms. The van der Waals surface area contributed by atoms with E-state index < -0.39 is 0 Å². The largest absolute Gasteiger partial charge is 0.308 e. The van der Waals surface area contributed by atoms with Crippen LogP contribution in [0.1, 0.15) is 47.5 Å². The molecular weight excluding hydrogens is 194 g/mol. The average molecular weight is 221 g/mol. The molecule has 0 bridgehead atoms. The van der Waals surface area contributed by atoms with Crippen molar-refractivity contribution in [2.45, 2.75) is 53.0 Å². The van der Waals surface area contributed by atoms with Crippen molar-refractivity contribution in [1.82, 2.24) is 5.32 Å². The first kappa shape index (κ1) is 15.2. The summed E-state index contributed by atoms with van der Waals surface area (Å²) in [7, 11) is 0. The molecule has 0 unspecified atom stereocenters. The highest BCUT2D eigenvalue weighted by molar-refractivity contribution is 5.30. The van der Waals surface area contributed by atoms with Crippen molar-refractivity contribution >= 4 is 0 Å². The molecule has 0 saturated carbocycles. The SMILES string of the molecule is C=C1CCCNC(C)(C)/C=C\C=C/1C.CC. The molecule has 0 spiro atoms. The van der Waals surface area contributed by atoms with Gasteiger partial charge in [0.15, 0.2) is 0 Å². The van der Waals surface area contributed by atoms with E-state index >= 15 is 0 Å². The lowest BCUT2D eigenvalue weighted by Crippen LogP contribution is -2.37. The van der Waals surface area contributed by atoms with Gasteiger partial charge in [0.05, 0.1) is 0 Å². The molecule has 0 radical (unpaired) electrons. The predicted octanol–water partition coefficient (Wildman–Crippen LogP) is 4.23. The molecule has 0 amide bonds. The summed E-state index contributed by atoms with van der Waals surface area (Å²) in [5.41, 5.74) is 2.67. The first-order chi connectivity index (χ1) is 7.51. The van der Waals surface area contributed by atoms with E-state index in [2.05, 4.69) is 50.9 Å². The fourth-order valence-corrected chi connectivity index (χ4v) is 1.52. The molecular formula is C15H27N. The molecule has 1 aliphatic rings. The standard InChI is InChI=1S/C13H21N.C2H6/c1-11-7-5-9-13(3,4)14-10-6-8-12(11)2;1-2/h5,7,9,14H,2,6,8,10H2,1,3-4H3;1-2H3/b9-5-,11-7-;. The highest BCUT2D eigenvalue weighted by Gasteiger charge is 2.12. The summed E-state index contributed by atoms with van der Waals surface area (Å²) in [6, 6.07) is 0. The Kier molecular flexibility index (Phi) is 7.07. The van der Waals surface area contributed by atoms with Gasteiger partial charge in [0.25, 0.3) is 0 Å². The first-order valence-electron chi connectivity index (χ1n) is 6.30. The quantitative estimate of drug-likeness (QED) is 0.645. The van der Waals surface area contributed by atoms with Gasteiger partial charge >= 0.3 is 0 Å². The highest BCUT2D eigenvalue weighted by Crippen LogP contribution is 2.15. The van der Waals surface area contributed by atoms with Gasteiger partial charge in [-0.3, -0.25) is 0 Å². The molecule has 0 atom stereocenters. The normalized spacial score (nSPS) is 25.8. The molecule has 0 fully saturated rings. The van der Waals surface area contributed by atoms with Crippen molar-refractivity contribution in [2.75, 3.05) is 6.54 Å². The maximum atomic E-state index is 4.08. The molecule has 1 N–H and O–H groups in total. The molecule has 0 aliphatic carbocycles. The zero-order valence-corrected chi connectivity index (χ0v) is 11.6. The maximum Gasteiger partial charge on any atom is 0.0310 e. The second kappa shape index (κ2) is 7.45. The number of rotatable bonds is 0. The number of allylic oxidation sites excluding steroid dienone is 4. The summed E-state index contributed by atoms with van der Waals surface area (Å²) in [6.07, 6.45) is 8.74. The van der Waals surface area contributed by atoms with Gasteiger partial charge < -0.3 is 5.32 Å². The Hall–Kier alpha value is -0.820. The van der Waals surface area contributed by atoms with Gasteiger partial charge in [0, 0.05) is 5.54 Å². The summed E-state index contributed by atoms with van der Waals surface area (Å²) in [4.78, 5) is 0. The zero-order valence-electron chi connectivity index (χ0n) is 11.6. The molecule has 0 saturated heterocycles. The fourth-order valence-electron chi connectivity index (χ4n) is 1.52. The Morgan fingerprint density at radius 3 is 2.56 bits per heavy atom. The topological polar surface area (TPSA) is 12.0 Å². The lowest BCUT2D eigenvalue weighted by Gasteiger charge is -2.23. The van der Waals surface area contributed by atoms with Crippen molar-refractivity contribution in [2.24, 2.45) is 0 Å². The van der Waals surface area contributed by atoms with Crippen LogP contribution in [0.15, 0.2) is 36.0 Å². The van der Waals surface area contributed by atoms with E-state index in [4.69, 9.17) is 0 Å². The Morgan fingerprint density at radius 2 is 1.94 bits per heavy atom. The summed E-state index contributed by atoms with van der Waals surface area (Å²) < 4.78 is 0. The third-order valence-electron chi connectivity index (χ3n) is 2.65. The van der Waals surface area contributed by atoms with Crippen molar-refractivity contribution in [3.63, 3.8) is 0 Å². The van der Waals surface area contributed by atoms with Crippen molar-refractivity contribution in [3.05, 3.63) is 36.0 Å². The van der Waals surface area contributed by atoms with E-state index in [1.165, 1.54) is 17.6 Å². The van der Waals surface area contributed by atoms with Gasteiger partial charge in [-0.1, -0.05) is 44.2 Å². The Morgan fingerprint density at radius 1 is 1.31 bits per heavy atom. The molecule has 0 aromatic carbocycles. The van der Waals surface area contributed by atoms with Crippen LogP contribution in [0.5, 0.6) is 0 Å². The minimum Gasteiger partial charge on any atom is -0.308 e. The molecule has 1 rings (SSSR count). The third kappa shape index (κ3) is 5.92. The Labute approximate surface area is 101 Å². The van der Waals surface area contributed by atoms with E-state index in [9.17, 15) is 0 Å².